The smallest absolute Gasteiger partial charge is 0.0642 e. The van der Waals surface area contributed by atoms with Crippen LogP contribution in [0.15, 0.2) is 18.2 Å². The number of rotatable bonds is 6. The van der Waals surface area contributed by atoms with Crippen LogP contribution in [-0.4, -0.2) is 30.6 Å². The second-order valence-electron chi connectivity index (χ2n) is 5.31. The number of benzene rings is 1. The number of nitrogens with zero attached hydrogens (tertiary/aromatic N) is 1. The Kier molecular flexibility index (Phi) is 6.53. The van der Waals surface area contributed by atoms with Crippen LogP contribution in [0.3, 0.4) is 0 Å². The van der Waals surface area contributed by atoms with E-state index in [1.807, 2.05) is 0 Å². The van der Waals surface area contributed by atoms with Gasteiger partial charge in [0.1, 0.15) is 0 Å². The molecule has 1 aromatic rings. The van der Waals surface area contributed by atoms with Crippen molar-refractivity contribution in [1.29, 1.82) is 0 Å². The lowest BCUT2D eigenvalue weighted by Gasteiger charge is -2.34. The van der Waals surface area contributed by atoms with Gasteiger partial charge in [-0.1, -0.05) is 31.5 Å². The molecule has 1 aromatic carbocycles. The Labute approximate surface area is 132 Å². The Morgan fingerprint density at radius 1 is 1.40 bits per heavy atom. The highest BCUT2D eigenvalue weighted by molar-refractivity contribution is 8.00. The van der Waals surface area contributed by atoms with Crippen LogP contribution in [0.5, 0.6) is 0 Å². The molecule has 2 rings (SSSR count). The number of nitrogens with one attached hydrogen (secondary N) is 1. The van der Waals surface area contributed by atoms with Crippen molar-refractivity contribution in [2.24, 2.45) is 0 Å². The Hall–Kier alpha value is -0.380. The highest BCUT2D eigenvalue weighted by Crippen LogP contribution is 2.31. The molecule has 0 bridgehead atoms. The molecule has 4 heteroatoms. The monoisotopic (exact) mass is 312 g/mol. The summed E-state index contributed by atoms with van der Waals surface area (Å²) in [6, 6.07) is 6.50. The maximum atomic E-state index is 6.49. The van der Waals surface area contributed by atoms with Gasteiger partial charge in [-0.3, -0.25) is 0 Å². The van der Waals surface area contributed by atoms with E-state index in [1.165, 1.54) is 23.4 Å². The van der Waals surface area contributed by atoms with E-state index < -0.39 is 0 Å². The van der Waals surface area contributed by atoms with E-state index in [-0.39, 0.29) is 0 Å². The summed E-state index contributed by atoms with van der Waals surface area (Å²) in [5, 5.41) is 5.05. The average molecular weight is 313 g/mol. The molecule has 1 unspecified atom stereocenters. The molecule has 1 saturated heterocycles. The molecule has 0 amide bonds. The zero-order valence-electron chi connectivity index (χ0n) is 12.5. The van der Waals surface area contributed by atoms with E-state index in [9.17, 15) is 0 Å². The van der Waals surface area contributed by atoms with Crippen LogP contribution < -0.4 is 10.2 Å². The first kappa shape index (κ1) is 16.0. The fourth-order valence-corrected chi connectivity index (χ4v) is 4.01. The van der Waals surface area contributed by atoms with Gasteiger partial charge < -0.3 is 10.2 Å². The standard InChI is InChI=1S/C16H25ClN2S/c1-3-7-18-11-13-5-6-16(15(17)10-13)19-8-9-20-14(4-2)12-19/h5-6,10,14,18H,3-4,7-9,11-12H2,1-2H3. The molecule has 20 heavy (non-hydrogen) atoms. The van der Waals surface area contributed by atoms with E-state index in [4.69, 9.17) is 11.6 Å². The Bertz CT molecular complexity index is 425. The minimum absolute atomic E-state index is 0.741. The van der Waals surface area contributed by atoms with Crippen molar-refractivity contribution in [3.05, 3.63) is 28.8 Å². The molecule has 0 aromatic heterocycles. The SMILES string of the molecule is CCCNCc1ccc(N2CCSC(CC)C2)c(Cl)c1. The molecule has 1 aliphatic rings. The van der Waals surface area contributed by atoms with Gasteiger partial charge in [-0.05, 0) is 37.1 Å². The second kappa shape index (κ2) is 8.16. The molecule has 1 aliphatic heterocycles. The summed E-state index contributed by atoms with van der Waals surface area (Å²) in [6.45, 7) is 8.64. The summed E-state index contributed by atoms with van der Waals surface area (Å²) >= 11 is 8.58. The summed E-state index contributed by atoms with van der Waals surface area (Å²) < 4.78 is 0. The molecular weight excluding hydrogens is 288 g/mol. The minimum atomic E-state index is 0.741. The predicted octanol–water partition coefficient (Wildman–Crippen LogP) is 4.17. The van der Waals surface area contributed by atoms with E-state index in [0.29, 0.717) is 0 Å². The highest BCUT2D eigenvalue weighted by Gasteiger charge is 2.20. The maximum Gasteiger partial charge on any atom is 0.0642 e. The van der Waals surface area contributed by atoms with Crippen LogP contribution in [0, 0.1) is 0 Å². The van der Waals surface area contributed by atoms with Gasteiger partial charge in [-0.25, -0.2) is 0 Å². The number of halogens is 1. The van der Waals surface area contributed by atoms with Gasteiger partial charge in [-0.2, -0.15) is 11.8 Å². The minimum Gasteiger partial charge on any atom is -0.368 e. The van der Waals surface area contributed by atoms with Gasteiger partial charge >= 0.3 is 0 Å². The van der Waals surface area contributed by atoms with Crippen LogP contribution >= 0.6 is 23.4 Å². The highest BCUT2D eigenvalue weighted by atomic mass is 35.5. The Balaban J connectivity index is 2.01. The van der Waals surface area contributed by atoms with Crippen molar-refractivity contribution in [2.45, 2.75) is 38.5 Å². The van der Waals surface area contributed by atoms with Gasteiger partial charge in [0.05, 0.1) is 10.7 Å². The molecule has 1 atom stereocenters. The first-order valence-corrected chi connectivity index (χ1v) is 9.03. The van der Waals surface area contributed by atoms with Gasteiger partial charge in [0.2, 0.25) is 0 Å². The topological polar surface area (TPSA) is 15.3 Å². The second-order valence-corrected chi connectivity index (χ2v) is 7.13. The molecule has 0 aliphatic carbocycles. The molecule has 0 saturated carbocycles. The summed E-state index contributed by atoms with van der Waals surface area (Å²) in [4.78, 5) is 2.44. The third-order valence-electron chi connectivity index (χ3n) is 3.70. The third-order valence-corrected chi connectivity index (χ3v) is 5.38. The fraction of sp³-hybridized carbons (Fsp3) is 0.625. The Morgan fingerprint density at radius 2 is 2.25 bits per heavy atom. The van der Waals surface area contributed by atoms with Gasteiger partial charge in [-0.15, -0.1) is 0 Å². The van der Waals surface area contributed by atoms with E-state index >= 15 is 0 Å². The number of hydrogen-bond donors (Lipinski definition) is 1. The summed E-state index contributed by atoms with van der Waals surface area (Å²) in [5.74, 6) is 1.20. The molecule has 1 N–H and O–H groups in total. The lowest BCUT2D eigenvalue weighted by atomic mass is 10.1. The lowest BCUT2D eigenvalue weighted by Crippen LogP contribution is -2.37. The zero-order valence-corrected chi connectivity index (χ0v) is 14.1. The van der Waals surface area contributed by atoms with Crippen molar-refractivity contribution in [3.63, 3.8) is 0 Å². The summed E-state index contributed by atoms with van der Waals surface area (Å²) in [5.41, 5.74) is 2.47. The first-order valence-electron chi connectivity index (χ1n) is 7.60. The predicted molar refractivity (Wildman–Crippen MR) is 92.2 cm³/mol. The summed E-state index contributed by atoms with van der Waals surface area (Å²) in [6.07, 6.45) is 2.40. The molecule has 2 nitrogen and oxygen atoms in total. The first-order chi connectivity index (χ1) is 9.74. The fourth-order valence-electron chi connectivity index (χ4n) is 2.51. The average Bonchev–Trinajstić information content (AvgIpc) is 2.48. The maximum absolute atomic E-state index is 6.49. The van der Waals surface area contributed by atoms with E-state index in [2.05, 4.69) is 54.0 Å². The lowest BCUT2D eigenvalue weighted by molar-refractivity contribution is 0.675. The zero-order chi connectivity index (χ0) is 14.4. The van der Waals surface area contributed by atoms with Gasteiger partial charge in [0.15, 0.2) is 0 Å². The van der Waals surface area contributed by atoms with Crippen LogP contribution in [0.4, 0.5) is 5.69 Å². The Morgan fingerprint density at radius 3 is 2.95 bits per heavy atom. The van der Waals surface area contributed by atoms with Crippen LogP contribution in [-0.2, 0) is 6.54 Å². The quantitative estimate of drug-likeness (QED) is 0.794. The van der Waals surface area contributed by atoms with Crippen molar-refractivity contribution in [2.75, 3.05) is 30.3 Å². The molecule has 0 radical (unpaired) electrons. The van der Waals surface area contributed by atoms with Crippen molar-refractivity contribution >= 4 is 29.1 Å². The molecule has 1 heterocycles. The van der Waals surface area contributed by atoms with E-state index in [0.717, 1.165) is 42.9 Å². The molecule has 112 valence electrons. The van der Waals surface area contributed by atoms with Crippen molar-refractivity contribution < 1.29 is 0 Å². The number of hydrogen-bond acceptors (Lipinski definition) is 3. The largest absolute Gasteiger partial charge is 0.368 e. The molecular formula is C16H25ClN2S. The third kappa shape index (κ3) is 4.31. The molecule has 0 spiro atoms. The number of anilines is 1. The van der Waals surface area contributed by atoms with Crippen LogP contribution in [0.2, 0.25) is 5.02 Å². The van der Waals surface area contributed by atoms with Gasteiger partial charge in [0, 0.05) is 30.6 Å². The molecule has 1 fully saturated rings. The van der Waals surface area contributed by atoms with E-state index in [1.54, 1.807) is 0 Å². The van der Waals surface area contributed by atoms with Crippen molar-refractivity contribution in [3.8, 4) is 0 Å². The van der Waals surface area contributed by atoms with Crippen LogP contribution in [0.25, 0.3) is 0 Å². The number of thioether (sulfide) groups is 1. The van der Waals surface area contributed by atoms with Gasteiger partial charge in [0.25, 0.3) is 0 Å². The van der Waals surface area contributed by atoms with Crippen molar-refractivity contribution in [1.82, 2.24) is 5.32 Å². The summed E-state index contributed by atoms with van der Waals surface area (Å²) in [7, 11) is 0. The van der Waals surface area contributed by atoms with Crippen LogP contribution in [0.1, 0.15) is 32.3 Å². The normalized spacial score (nSPS) is 19.4.